The molecule has 0 radical (unpaired) electrons. The summed E-state index contributed by atoms with van der Waals surface area (Å²) in [5, 5.41) is 0. The van der Waals surface area contributed by atoms with Crippen molar-refractivity contribution in [3.63, 3.8) is 0 Å². The molecule has 0 fully saturated rings. The number of ether oxygens (including phenoxy) is 1. The Morgan fingerprint density at radius 3 is 2.92 bits per heavy atom. The van der Waals surface area contributed by atoms with Crippen LogP contribution in [0.2, 0.25) is 0 Å². The number of anilines is 1. The van der Waals surface area contributed by atoms with Crippen LogP contribution >= 0.6 is 0 Å². The number of hydrogen-bond donors (Lipinski definition) is 2. The van der Waals surface area contributed by atoms with Crippen LogP contribution in [-0.4, -0.2) is 16.6 Å². The van der Waals surface area contributed by atoms with E-state index in [1.165, 1.54) is 0 Å². The predicted octanol–water partition coefficient (Wildman–Crippen LogP) is 0.607. The van der Waals surface area contributed by atoms with E-state index >= 15 is 0 Å². The Kier molecular flexibility index (Phi) is 3.60. The summed E-state index contributed by atoms with van der Waals surface area (Å²) >= 11 is 0. The zero-order chi connectivity index (χ0) is 9.68. The number of nitrogen functional groups attached to an aromatic ring is 1. The third-order valence-corrected chi connectivity index (χ3v) is 1.48. The average Bonchev–Trinajstić information content (AvgIpc) is 2.14. The van der Waals surface area contributed by atoms with Crippen molar-refractivity contribution in [1.82, 2.24) is 9.97 Å². The lowest BCUT2D eigenvalue weighted by atomic mass is 10.4. The first-order valence-electron chi connectivity index (χ1n) is 4.15. The minimum atomic E-state index is 0.423. The molecule has 5 nitrogen and oxygen atoms in total. The van der Waals surface area contributed by atoms with Gasteiger partial charge in [-0.3, -0.25) is 0 Å². The van der Waals surface area contributed by atoms with Crippen molar-refractivity contribution in [2.24, 2.45) is 5.84 Å². The van der Waals surface area contributed by atoms with Crippen LogP contribution in [0.15, 0.2) is 6.07 Å². The molecule has 0 atom stereocenters. The quantitative estimate of drug-likeness (QED) is 0.527. The Bertz CT molecular complexity index is 277. The summed E-state index contributed by atoms with van der Waals surface area (Å²) in [6.07, 6.45) is 0. The van der Waals surface area contributed by atoms with Gasteiger partial charge in [-0.15, -0.1) is 0 Å². The van der Waals surface area contributed by atoms with E-state index in [9.17, 15) is 0 Å². The smallest absolute Gasteiger partial charge is 0.156 e. The van der Waals surface area contributed by atoms with Gasteiger partial charge in [0.05, 0.1) is 0 Å². The van der Waals surface area contributed by atoms with Crippen LogP contribution in [0, 0.1) is 6.92 Å². The lowest BCUT2D eigenvalue weighted by Gasteiger charge is -2.04. The van der Waals surface area contributed by atoms with Crippen LogP contribution in [0.1, 0.15) is 18.4 Å². The van der Waals surface area contributed by atoms with Gasteiger partial charge in [-0.2, -0.15) is 0 Å². The molecule has 3 N–H and O–H groups in total. The SMILES string of the molecule is CCOCc1nc(C)cc(NN)n1. The maximum atomic E-state index is 5.24. The molecule has 0 aliphatic rings. The van der Waals surface area contributed by atoms with E-state index in [1.54, 1.807) is 6.07 Å². The van der Waals surface area contributed by atoms with E-state index in [2.05, 4.69) is 15.4 Å². The average molecular weight is 182 g/mol. The van der Waals surface area contributed by atoms with E-state index in [1.807, 2.05) is 13.8 Å². The molecule has 0 aromatic carbocycles. The lowest BCUT2D eigenvalue weighted by molar-refractivity contribution is 0.128. The van der Waals surface area contributed by atoms with E-state index in [4.69, 9.17) is 10.6 Å². The van der Waals surface area contributed by atoms with Gasteiger partial charge < -0.3 is 10.2 Å². The minimum absolute atomic E-state index is 0.423. The minimum Gasteiger partial charge on any atom is -0.374 e. The Labute approximate surface area is 77.3 Å². The van der Waals surface area contributed by atoms with E-state index in [-0.39, 0.29) is 0 Å². The number of aryl methyl sites for hydroxylation is 1. The Morgan fingerprint density at radius 1 is 1.54 bits per heavy atom. The van der Waals surface area contributed by atoms with E-state index in [0.29, 0.717) is 24.9 Å². The van der Waals surface area contributed by atoms with Crippen LogP contribution in [0.4, 0.5) is 5.82 Å². The molecule has 1 heterocycles. The van der Waals surface area contributed by atoms with Crippen molar-refractivity contribution >= 4 is 5.82 Å². The van der Waals surface area contributed by atoms with Crippen LogP contribution in [0.3, 0.4) is 0 Å². The molecule has 0 spiro atoms. The molecule has 1 rings (SSSR count). The fourth-order valence-electron chi connectivity index (χ4n) is 0.962. The molecular formula is C8H14N4O. The number of hydrogen-bond acceptors (Lipinski definition) is 5. The summed E-state index contributed by atoms with van der Waals surface area (Å²) in [5.74, 6) is 6.50. The Balaban J connectivity index is 2.76. The fraction of sp³-hybridized carbons (Fsp3) is 0.500. The molecule has 0 bridgehead atoms. The monoisotopic (exact) mass is 182 g/mol. The van der Waals surface area contributed by atoms with Gasteiger partial charge in [0.1, 0.15) is 12.4 Å². The first-order chi connectivity index (χ1) is 6.26. The highest BCUT2D eigenvalue weighted by molar-refractivity contribution is 5.33. The van der Waals surface area contributed by atoms with Gasteiger partial charge in [0.15, 0.2) is 5.82 Å². The third-order valence-electron chi connectivity index (χ3n) is 1.48. The highest BCUT2D eigenvalue weighted by atomic mass is 16.5. The molecule has 0 aliphatic carbocycles. The van der Waals surface area contributed by atoms with Crippen molar-refractivity contribution in [3.05, 3.63) is 17.6 Å². The summed E-state index contributed by atoms with van der Waals surface area (Å²) in [6.45, 7) is 4.89. The lowest BCUT2D eigenvalue weighted by Crippen LogP contribution is -2.11. The van der Waals surface area contributed by atoms with Gasteiger partial charge in [0, 0.05) is 18.4 Å². The van der Waals surface area contributed by atoms with Crippen molar-refractivity contribution in [1.29, 1.82) is 0 Å². The molecular weight excluding hydrogens is 168 g/mol. The standard InChI is InChI=1S/C8H14N4O/c1-3-13-5-8-10-6(2)4-7(11-8)12-9/h4H,3,5,9H2,1-2H3,(H,10,11,12). The second-order valence-electron chi connectivity index (χ2n) is 2.59. The van der Waals surface area contributed by atoms with Gasteiger partial charge in [-0.05, 0) is 13.8 Å². The van der Waals surface area contributed by atoms with Gasteiger partial charge >= 0.3 is 0 Å². The summed E-state index contributed by atoms with van der Waals surface area (Å²) < 4.78 is 5.18. The van der Waals surface area contributed by atoms with Gasteiger partial charge in [0.2, 0.25) is 0 Å². The molecule has 1 aromatic rings. The van der Waals surface area contributed by atoms with Crippen LogP contribution in [0.5, 0.6) is 0 Å². The maximum Gasteiger partial charge on any atom is 0.156 e. The van der Waals surface area contributed by atoms with Crippen molar-refractivity contribution in [3.8, 4) is 0 Å². The van der Waals surface area contributed by atoms with Gasteiger partial charge in [-0.25, -0.2) is 15.8 Å². The molecule has 1 aromatic heterocycles. The molecule has 72 valence electrons. The number of nitrogens with one attached hydrogen (secondary N) is 1. The topological polar surface area (TPSA) is 73.1 Å². The van der Waals surface area contributed by atoms with Crippen molar-refractivity contribution in [2.45, 2.75) is 20.5 Å². The van der Waals surface area contributed by atoms with Crippen LogP contribution in [0.25, 0.3) is 0 Å². The molecule has 5 heteroatoms. The second-order valence-corrected chi connectivity index (χ2v) is 2.59. The zero-order valence-electron chi connectivity index (χ0n) is 7.87. The summed E-state index contributed by atoms with van der Waals surface area (Å²) in [5.41, 5.74) is 3.35. The highest BCUT2D eigenvalue weighted by Crippen LogP contribution is 2.04. The summed E-state index contributed by atoms with van der Waals surface area (Å²) in [7, 11) is 0. The molecule has 0 saturated heterocycles. The van der Waals surface area contributed by atoms with Crippen molar-refractivity contribution < 1.29 is 4.74 Å². The van der Waals surface area contributed by atoms with Gasteiger partial charge in [-0.1, -0.05) is 0 Å². The highest BCUT2D eigenvalue weighted by Gasteiger charge is 2.00. The molecule has 13 heavy (non-hydrogen) atoms. The number of nitrogens with zero attached hydrogens (tertiary/aromatic N) is 2. The first kappa shape index (κ1) is 9.88. The molecule has 0 unspecified atom stereocenters. The van der Waals surface area contributed by atoms with E-state index in [0.717, 1.165) is 5.69 Å². The van der Waals surface area contributed by atoms with Crippen LogP contribution < -0.4 is 11.3 Å². The number of rotatable bonds is 4. The van der Waals surface area contributed by atoms with Crippen molar-refractivity contribution in [2.75, 3.05) is 12.0 Å². The number of aromatic nitrogens is 2. The summed E-state index contributed by atoms with van der Waals surface area (Å²) in [6, 6.07) is 1.77. The predicted molar refractivity (Wildman–Crippen MR) is 49.9 cm³/mol. The second kappa shape index (κ2) is 4.74. The third kappa shape index (κ3) is 2.96. The van der Waals surface area contributed by atoms with E-state index < -0.39 is 0 Å². The Hall–Kier alpha value is -1.20. The maximum absolute atomic E-state index is 5.24. The van der Waals surface area contributed by atoms with Crippen LogP contribution in [-0.2, 0) is 11.3 Å². The molecule has 0 amide bonds. The fourth-order valence-corrected chi connectivity index (χ4v) is 0.962. The molecule has 0 saturated carbocycles. The normalized spacial score (nSPS) is 10.1. The number of nitrogens with two attached hydrogens (primary N) is 1. The first-order valence-corrected chi connectivity index (χ1v) is 4.15. The largest absolute Gasteiger partial charge is 0.374 e. The molecule has 0 aliphatic heterocycles. The summed E-state index contributed by atoms with van der Waals surface area (Å²) in [4.78, 5) is 8.30. The Morgan fingerprint density at radius 2 is 2.31 bits per heavy atom. The zero-order valence-corrected chi connectivity index (χ0v) is 7.87. The van der Waals surface area contributed by atoms with Gasteiger partial charge in [0.25, 0.3) is 0 Å². The number of hydrazine groups is 1.